The topological polar surface area (TPSA) is 56.7 Å². The van der Waals surface area contributed by atoms with Crippen molar-refractivity contribution < 1.29 is 9.18 Å². The van der Waals surface area contributed by atoms with E-state index in [2.05, 4.69) is 20.5 Å². The van der Waals surface area contributed by atoms with Gasteiger partial charge in [0.05, 0.1) is 0 Å². The van der Waals surface area contributed by atoms with Crippen LogP contribution in [0.5, 0.6) is 0 Å². The van der Waals surface area contributed by atoms with E-state index < -0.39 is 0 Å². The van der Waals surface area contributed by atoms with Gasteiger partial charge in [-0.25, -0.2) is 4.39 Å². The average Bonchev–Trinajstić information content (AvgIpc) is 2.76. The number of aliphatic imine (C=N–C) groups is 1. The van der Waals surface area contributed by atoms with Crippen molar-refractivity contribution >= 4 is 11.9 Å². The van der Waals surface area contributed by atoms with Crippen LogP contribution in [0.1, 0.15) is 56.9 Å². The zero-order valence-electron chi connectivity index (χ0n) is 17.8. The van der Waals surface area contributed by atoms with Crippen molar-refractivity contribution in [1.82, 2.24) is 15.5 Å². The molecule has 0 bridgehead atoms. The highest BCUT2D eigenvalue weighted by molar-refractivity contribution is 5.80. The number of amides is 1. The molecule has 0 radical (unpaired) electrons. The first-order valence-electron chi connectivity index (χ1n) is 11.0. The highest BCUT2D eigenvalue weighted by Gasteiger charge is 2.34. The third kappa shape index (κ3) is 5.49. The Morgan fingerprint density at radius 3 is 2.41 bits per heavy atom. The molecule has 1 aromatic rings. The number of rotatable bonds is 5. The summed E-state index contributed by atoms with van der Waals surface area (Å²) >= 11 is 0. The van der Waals surface area contributed by atoms with Gasteiger partial charge < -0.3 is 15.5 Å². The minimum absolute atomic E-state index is 0.0411. The Bertz CT molecular complexity index is 689. The monoisotopic (exact) mass is 402 g/mol. The molecule has 3 rings (SSSR count). The van der Waals surface area contributed by atoms with Crippen LogP contribution >= 0.6 is 0 Å². The first-order valence-corrected chi connectivity index (χ1v) is 11.0. The SMILES string of the molecule is CN=C(NCC1(c2ccc(F)cc2)CCCCC1)N1CCC(CC(=O)NC)CC1. The summed E-state index contributed by atoms with van der Waals surface area (Å²) in [7, 11) is 3.54. The Hall–Kier alpha value is -2.11. The second-order valence-electron chi connectivity index (χ2n) is 8.56. The van der Waals surface area contributed by atoms with Gasteiger partial charge in [0.25, 0.3) is 0 Å². The third-order valence-corrected chi connectivity index (χ3v) is 6.73. The Morgan fingerprint density at radius 1 is 1.17 bits per heavy atom. The molecule has 1 amide bonds. The van der Waals surface area contributed by atoms with E-state index in [0.29, 0.717) is 12.3 Å². The predicted octanol–water partition coefficient (Wildman–Crippen LogP) is 3.45. The molecule has 29 heavy (non-hydrogen) atoms. The molecule has 0 aromatic heterocycles. The van der Waals surface area contributed by atoms with Gasteiger partial charge in [0.15, 0.2) is 5.96 Å². The van der Waals surface area contributed by atoms with Gasteiger partial charge in [0, 0.05) is 45.6 Å². The fraction of sp³-hybridized carbons (Fsp3) is 0.652. The maximum atomic E-state index is 13.5. The number of benzene rings is 1. The van der Waals surface area contributed by atoms with Crippen molar-refractivity contribution in [3.8, 4) is 0 Å². The summed E-state index contributed by atoms with van der Waals surface area (Å²) < 4.78 is 13.5. The zero-order chi connectivity index (χ0) is 20.7. The Morgan fingerprint density at radius 2 is 1.83 bits per heavy atom. The number of hydrogen-bond donors (Lipinski definition) is 2. The highest BCUT2D eigenvalue weighted by atomic mass is 19.1. The summed E-state index contributed by atoms with van der Waals surface area (Å²) in [5, 5.41) is 6.36. The summed E-state index contributed by atoms with van der Waals surface area (Å²) in [6.45, 7) is 2.67. The number of carbonyl (C=O) groups excluding carboxylic acids is 1. The summed E-state index contributed by atoms with van der Waals surface area (Å²) in [6.07, 6.45) is 8.58. The molecule has 5 nitrogen and oxygen atoms in total. The van der Waals surface area contributed by atoms with E-state index in [-0.39, 0.29) is 17.1 Å². The van der Waals surface area contributed by atoms with Crippen LogP contribution in [0.25, 0.3) is 0 Å². The van der Waals surface area contributed by atoms with Gasteiger partial charge in [-0.15, -0.1) is 0 Å². The van der Waals surface area contributed by atoms with E-state index in [1.807, 2.05) is 19.2 Å². The van der Waals surface area contributed by atoms with Crippen molar-refractivity contribution in [3.63, 3.8) is 0 Å². The van der Waals surface area contributed by atoms with Gasteiger partial charge in [-0.2, -0.15) is 0 Å². The van der Waals surface area contributed by atoms with E-state index in [4.69, 9.17) is 0 Å². The fourth-order valence-corrected chi connectivity index (χ4v) is 4.89. The molecule has 1 saturated carbocycles. The normalized spacial score (nSPS) is 20.4. The molecule has 2 fully saturated rings. The maximum Gasteiger partial charge on any atom is 0.220 e. The lowest BCUT2D eigenvalue weighted by Crippen LogP contribution is -2.50. The summed E-state index contributed by atoms with van der Waals surface area (Å²) in [4.78, 5) is 18.5. The first-order chi connectivity index (χ1) is 14.1. The summed E-state index contributed by atoms with van der Waals surface area (Å²) in [5.41, 5.74) is 1.27. The average molecular weight is 403 g/mol. The largest absolute Gasteiger partial charge is 0.359 e. The van der Waals surface area contributed by atoms with E-state index in [1.54, 1.807) is 19.2 Å². The molecule has 0 spiro atoms. The van der Waals surface area contributed by atoms with Crippen LogP contribution in [-0.2, 0) is 10.2 Å². The minimum Gasteiger partial charge on any atom is -0.359 e. The number of halogens is 1. The van der Waals surface area contributed by atoms with Crippen LogP contribution in [0.3, 0.4) is 0 Å². The molecule has 2 N–H and O–H groups in total. The number of guanidine groups is 1. The van der Waals surface area contributed by atoms with Gasteiger partial charge in [-0.1, -0.05) is 31.4 Å². The number of piperidine rings is 1. The number of hydrogen-bond acceptors (Lipinski definition) is 2. The second kappa shape index (κ2) is 10.1. The van der Waals surface area contributed by atoms with Crippen molar-refractivity contribution in [2.24, 2.45) is 10.9 Å². The van der Waals surface area contributed by atoms with Crippen LogP contribution in [0, 0.1) is 11.7 Å². The molecule has 6 heteroatoms. The fourth-order valence-electron chi connectivity index (χ4n) is 4.89. The Kier molecular flexibility index (Phi) is 7.51. The van der Waals surface area contributed by atoms with Crippen LogP contribution in [0.15, 0.2) is 29.3 Å². The number of likely N-dealkylation sites (tertiary alicyclic amines) is 1. The Labute approximate surface area is 174 Å². The molecule has 160 valence electrons. The van der Waals surface area contributed by atoms with Crippen LogP contribution < -0.4 is 10.6 Å². The lowest BCUT2D eigenvalue weighted by molar-refractivity contribution is -0.121. The van der Waals surface area contributed by atoms with Gasteiger partial charge in [0.1, 0.15) is 5.82 Å². The van der Waals surface area contributed by atoms with Crippen molar-refractivity contribution in [1.29, 1.82) is 0 Å². The minimum atomic E-state index is -0.178. The lowest BCUT2D eigenvalue weighted by Gasteiger charge is -2.40. The van der Waals surface area contributed by atoms with Gasteiger partial charge in [0.2, 0.25) is 5.91 Å². The standard InChI is InChI=1S/C23H35FN4O/c1-25-21(29)16-18-10-14-28(15-11-18)22(26-2)27-17-23(12-4-3-5-13-23)19-6-8-20(24)9-7-19/h6-9,18H,3-5,10-17H2,1-2H3,(H,25,29)(H,26,27). The molecular weight excluding hydrogens is 367 g/mol. The van der Waals surface area contributed by atoms with E-state index >= 15 is 0 Å². The molecule has 0 unspecified atom stereocenters. The van der Waals surface area contributed by atoms with Crippen molar-refractivity contribution in [2.75, 3.05) is 33.7 Å². The second-order valence-corrected chi connectivity index (χ2v) is 8.56. The van der Waals surface area contributed by atoms with Crippen molar-refractivity contribution in [2.45, 2.75) is 56.8 Å². The van der Waals surface area contributed by atoms with Crippen LogP contribution in [0.4, 0.5) is 4.39 Å². The maximum absolute atomic E-state index is 13.5. The molecule has 2 aliphatic rings. The van der Waals surface area contributed by atoms with Gasteiger partial charge in [-0.05, 0) is 49.3 Å². The third-order valence-electron chi connectivity index (χ3n) is 6.73. The van der Waals surface area contributed by atoms with E-state index in [9.17, 15) is 9.18 Å². The number of nitrogens with one attached hydrogen (secondary N) is 2. The number of nitrogens with zero attached hydrogens (tertiary/aromatic N) is 2. The van der Waals surface area contributed by atoms with Crippen LogP contribution in [0.2, 0.25) is 0 Å². The smallest absolute Gasteiger partial charge is 0.220 e. The molecule has 1 aliphatic heterocycles. The van der Waals surface area contributed by atoms with E-state index in [1.165, 1.54) is 24.8 Å². The van der Waals surface area contributed by atoms with Crippen molar-refractivity contribution in [3.05, 3.63) is 35.6 Å². The molecule has 1 saturated heterocycles. The van der Waals surface area contributed by atoms with E-state index in [0.717, 1.165) is 51.3 Å². The zero-order valence-corrected chi connectivity index (χ0v) is 17.8. The highest BCUT2D eigenvalue weighted by Crippen LogP contribution is 2.39. The Balaban J connectivity index is 1.61. The summed E-state index contributed by atoms with van der Waals surface area (Å²) in [6, 6.07) is 7.07. The molecule has 1 heterocycles. The number of carbonyl (C=O) groups is 1. The van der Waals surface area contributed by atoms with Crippen LogP contribution in [-0.4, -0.2) is 50.5 Å². The first kappa shape index (κ1) is 21.6. The van der Waals surface area contributed by atoms with Gasteiger partial charge in [-0.3, -0.25) is 9.79 Å². The predicted molar refractivity (Wildman–Crippen MR) is 116 cm³/mol. The quantitative estimate of drug-likeness (QED) is 0.586. The molecule has 1 aliphatic carbocycles. The lowest BCUT2D eigenvalue weighted by atomic mass is 9.69. The molecule has 1 aromatic carbocycles. The molecule has 0 atom stereocenters. The molecular formula is C23H35FN4O. The van der Waals surface area contributed by atoms with Gasteiger partial charge >= 0.3 is 0 Å². The summed E-state index contributed by atoms with van der Waals surface area (Å²) in [5.74, 6) is 1.34.